The van der Waals surface area contributed by atoms with Crippen molar-refractivity contribution in [1.82, 2.24) is 0 Å². The lowest BCUT2D eigenvalue weighted by atomic mass is 10.1. The maximum Gasteiger partial charge on any atom is 0.257 e. The van der Waals surface area contributed by atoms with Crippen LogP contribution in [0.2, 0.25) is 0 Å². The first-order chi connectivity index (χ1) is 9.58. The third-order valence-electron chi connectivity index (χ3n) is 2.74. The molecule has 0 aliphatic rings. The van der Waals surface area contributed by atoms with Crippen LogP contribution >= 0.6 is 0 Å². The number of benzene rings is 2. The summed E-state index contributed by atoms with van der Waals surface area (Å²) < 4.78 is 13.5. The van der Waals surface area contributed by atoms with Gasteiger partial charge in [0.2, 0.25) is 0 Å². The fourth-order valence-electron chi connectivity index (χ4n) is 1.87. The largest absolute Gasteiger partial charge is 0.382 e. The van der Waals surface area contributed by atoms with Gasteiger partial charge in [0.05, 0.1) is 11.3 Å². The number of anilines is 2. The Morgan fingerprint density at radius 2 is 1.60 bits per heavy atom. The van der Waals surface area contributed by atoms with E-state index in [0.29, 0.717) is 5.56 Å². The lowest BCUT2D eigenvalue weighted by Crippen LogP contribution is -2.18. The summed E-state index contributed by atoms with van der Waals surface area (Å²) in [4.78, 5) is 12.3. The number of halogens is 1. The fourth-order valence-corrected chi connectivity index (χ4v) is 1.87. The first kappa shape index (κ1) is 14.1. The first-order valence-electron chi connectivity index (χ1n) is 6.49. The maximum atomic E-state index is 13.5. The van der Waals surface area contributed by atoms with Crippen molar-refractivity contribution in [1.29, 1.82) is 0 Å². The number of hydrogen-bond acceptors (Lipinski definition) is 2. The Morgan fingerprint density at radius 1 is 1.00 bits per heavy atom. The van der Waals surface area contributed by atoms with Gasteiger partial charge in [-0.2, -0.15) is 0 Å². The van der Waals surface area contributed by atoms with E-state index in [1.54, 1.807) is 24.3 Å². The van der Waals surface area contributed by atoms with Crippen LogP contribution in [0.1, 0.15) is 24.2 Å². The average molecular weight is 272 g/mol. The smallest absolute Gasteiger partial charge is 0.257 e. The molecule has 2 rings (SSSR count). The number of carbonyl (C=O) groups excluding carboxylic acids is 1. The van der Waals surface area contributed by atoms with Gasteiger partial charge in [0, 0.05) is 11.7 Å². The van der Waals surface area contributed by atoms with Crippen molar-refractivity contribution in [2.45, 2.75) is 19.9 Å². The van der Waals surface area contributed by atoms with Crippen molar-refractivity contribution in [3.8, 4) is 0 Å². The predicted molar refractivity (Wildman–Crippen MR) is 79.6 cm³/mol. The standard InChI is InChI=1S/C16H17FN2O/c1-11(2)18-14-9-5-3-7-12(14)16(20)19-15-10-6-4-8-13(15)17/h3-11,18H,1-2H3,(H,19,20). The Labute approximate surface area is 117 Å². The third-order valence-corrected chi connectivity index (χ3v) is 2.74. The van der Waals surface area contributed by atoms with Crippen LogP contribution in [0.25, 0.3) is 0 Å². The molecule has 0 unspecified atom stereocenters. The highest BCUT2D eigenvalue weighted by molar-refractivity contribution is 6.08. The zero-order valence-electron chi connectivity index (χ0n) is 11.5. The lowest BCUT2D eigenvalue weighted by Gasteiger charge is -2.14. The third kappa shape index (κ3) is 3.35. The summed E-state index contributed by atoms with van der Waals surface area (Å²) in [6, 6.07) is 13.5. The van der Waals surface area contributed by atoms with Gasteiger partial charge in [-0.3, -0.25) is 4.79 Å². The van der Waals surface area contributed by atoms with Gasteiger partial charge in [-0.1, -0.05) is 24.3 Å². The molecule has 0 aromatic heterocycles. The van der Waals surface area contributed by atoms with E-state index in [0.717, 1.165) is 5.69 Å². The monoisotopic (exact) mass is 272 g/mol. The molecule has 0 aliphatic heterocycles. The molecule has 0 aliphatic carbocycles. The molecule has 0 radical (unpaired) electrons. The van der Waals surface area contributed by atoms with E-state index in [-0.39, 0.29) is 17.6 Å². The minimum Gasteiger partial charge on any atom is -0.382 e. The lowest BCUT2D eigenvalue weighted by molar-refractivity contribution is 0.102. The van der Waals surface area contributed by atoms with E-state index in [9.17, 15) is 9.18 Å². The van der Waals surface area contributed by atoms with Crippen molar-refractivity contribution in [2.75, 3.05) is 10.6 Å². The summed E-state index contributed by atoms with van der Waals surface area (Å²) >= 11 is 0. The molecule has 0 atom stereocenters. The average Bonchev–Trinajstić information content (AvgIpc) is 2.41. The fraction of sp³-hybridized carbons (Fsp3) is 0.188. The van der Waals surface area contributed by atoms with Gasteiger partial charge in [-0.25, -0.2) is 4.39 Å². The number of para-hydroxylation sites is 2. The zero-order chi connectivity index (χ0) is 14.5. The minimum atomic E-state index is -0.449. The summed E-state index contributed by atoms with van der Waals surface area (Å²) in [6.45, 7) is 3.98. The second-order valence-electron chi connectivity index (χ2n) is 4.78. The molecule has 2 aromatic rings. The van der Waals surface area contributed by atoms with Gasteiger partial charge in [-0.15, -0.1) is 0 Å². The van der Waals surface area contributed by atoms with Crippen molar-refractivity contribution >= 4 is 17.3 Å². The number of carbonyl (C=O) groups is 1. The second-order valence-corrected chi connectivity index (χ2v) is 4.78. The Kier molecular flexibility index (Phi) is 4.35. The Morgan fingerprint density at radius 3 is 2.25 bits per heavy atom. The molecule has 3 nitrogen and oxygen atoms in total. The molecule has 1 amide bonds. The van der Waals surface area contributed by atoms with Crippen molar-refractivity contribution in [2.24, 2.45) is 0 Å². The van der Waals surface area contributed by atoms with Gasteiger partial charge in [-0.05, 0) is 38.1 Å². The SMILES string of the molecule is CC(C)Nc1ccccc1C(=O)Nc1ccccc1F. The topological polar surface area (TPSA) is 41.1 Å². The number of nitrogens with one attached hydrogen (secondary N) is 2. The van der Waals surface area contributed by atoms with Gasteiger partial charge in [0.25, 0.3) is 5.91 Å². The molecule has 0 saturated heterocycles. The molecule has 2 N–H and O–H groups in total. The van der Waals surface area contributed by atoms with Crippen molar-refractivity contribution < 1.29 is 9.18 Å². The summed E-state index contributed by atoms with van der Waals surface area (Å²) in [5.74, 6) is -0.783. The summed E-state index contributed by atoms with van der Waals surface area (Å²) in [5, 5.41) is 5.79. The van der Waals surface area contributed by atoms with Crippen molar-refractivity contribution in [3.05, 3.63) is 59.9 Å². The van der Waals surface area contributed by atoms with E-state index >= 15 is 0 Å². The molecule has 4 heteroatoms. The van der Waals surface area contributed by atoms with Crippen LogP contribution in [0.3, 0.4) is 0 Å². The van der Waals surface area contributed by atoms with Crippen LogP contribution in [0.5, 0.6) is 0 Å². The van der Waals surface area contributed by atoms with Crippen LogP contribution < -0.4 is 10.6 Å². The molecule has 0 heterocycles. The van der Waals surface area contributed by atoms with Crippen LogP contribution in [0, 0.1) is 5.82 Å². The first-order valence-corrected chi connectivity index (χ1v) is 6.49. The van der Waals surface area contributed by atoms with E-state index in [4.69, 9.17) is 0 Å². The van der Waals surface area contributed by atoms with E-state index in [1.807, 2.05) is 26.0 Å². The van der Waals surface area contributed by atoms with Gasteiger partial charge in [0.15, 0.2) is 0 Å². The van der Waals surface area contributed by atoms with Crippen molar-refractivity contribution in [3.63, 3.8) is 0 Å². The molecule has 104 valence electrons. The van der Waals surface area contributed by atoms with Crippen LogP contribution in [-0.4, -0.2) is 11.9 Å². The Hall–Kier alpha value is -2.36. The molecule has 20 heavy (non-hydrogen) atoms. The summed E-state index contributed by atoms with van der Waals surface area (Å²) in [6.07, 6.45) is 0. The van der Waals surface area contributed by atoms with Gasteiger partial charge >= 0.3 is 0 Å². The molecule has 0 saturated carbocycles. The summed E-state index contributed by atoms with van der Waals surface area (Å²) in [5.41, 5.74) is 1.40. The van der Waals surface area contributed by atoms with Crippen LogP contribution in [0.15, 0.2) is 48.5 Å². The second kappa shape index (κ2) is 6.19. The molecule has 0 fully saturated rings. The number of rotatable bonds is 4. The van der Waals surface area contributed by atoms with Gasteiger partial charge < -0.3 is 10.6 Å². The molecular weight excluding hydrogens is 255 g/mol. The molecule has 2 aromatic carbocycles. The van der Waals surface area contributed by atoms with Gasteiger partial charge in [0.1, 0.15) is 5.82 Å². The summed E-state index contributed by atoms with van der Waals surface area (Å²) in [7, 11) is 0. The van der Waals surface area contributed by atoms with E-state index < -0.39 is 5.82 Å². The molecule has 0 spiro atoms. The highest BCUT2D eigenvalue weighted by Crippen LogP contribution is 2.19. The Bertz CT molecular complexity index is 611. The number of hydrogen-bond donors (Lipinski definition) is 2. The quantitative estimate of drug-likeness (QED) is 0.886. The predicted octanol–water partition coefficient (Wildman–Crippen LogP) is 3.90. The highest BCUT2D eigenvalue weighted by Gasteiger charge is 2.13. The highest BCUT2D eigenvalue weighted by atomic mass is 19.1. The minimum absolute atomic E-state index is 0.178. The zero-order valence-corrected chi connectivity index (χ0v) is 11.5. The van der Waals surface area contributed by atoms with Crippen LogP contribution in [-0.2, 0) is 0 Å². The molecular formula is C16H17FN2O. The molecule has 0 bridgehead atoms. The maximum absolute atomic E-state index is 13.5. The normalized spacial score (nSPS) is 10.4. The van der Waals surface area contributed by atoms with E-state index in [2.05, 4.69) is 10.6 Å². The number of amides is 1. The Balaban J connectivity index is 2.23. The van der Waals surface area contributed by atoms with E-state index in [1.165, 1.54) is 12.1 Å². The van der Waals surface area contributed by atoms with Crippen LogP contribution in [0.4, 0.5) is 15.8 Å².